The first kappa shape index (κ1) is 16.9. The molecule has 0 bridgehead atoms. The first-order chi connectivity index (χ1) is 11.2. The number of nitriles is 1. The second-order valence-electron chi connectivity index (χ2n) is 7.21. The molecule has 3 nitrogen and oxygen atoms in total. The Kier molecular flexibility index (Phi) is 4.13. The Hall–Kier alpha value is -1.93. The van der Waals surface area contributed by atoms with E-state index in [0.717, 1.165) is 10.2 Å². The average Bonchev–Trinajstić information content (AvgIpc) is 2.47. The fourth-order valence-corrected chi connectivity index (χ4v) is 4.01. The van der Waals surface area contributed by atoms with E-state index in [-0.39, 0.29) is 11.2 Å². The lowest BCUT2D eigenvalue weighted by molar-refractivity contribution is -0.118. The summed E-state index contributed by atoms with van der Waals surface area (Å²) in [5, 5.41) is 12.8. The molecule has 0 fully saturated rings. The molecule has 0 aromatic heterocycles. The van der Waals surface area contributed by atoms with Crippen molar-refractivity contribution in [1.29, 1.82) is 5.26 Å². The zero-order valence-corrected chi connectivity index (χ0v) is 15.4. The Morgan fingerprint density at radius 2 is 2.08 bits per heavy atom. The fraction of sp³-hybridized carbons (Fsp3) is 0.368. The van der Waals surface area contributed by atoms with Crippen molar-refractivity contribution in [2.75, 3.05) is 0 Å². The topological polar surface area (TPSA) is 52.9 Å². The molecule has 2 aliphatic rings. The summed E-state index contributed by atoms with van der Waals surface area (Å²) in [7, 11) is 0. The van der Waals surface area contributed by atoms with Crippen molar-refractivity contribution in [3.63, 3.8) is 0 Å². The molecule has 1 heterocycles. The Labute approximate surface area is 149 Å². The molecule has 1 aromatic rings. The van der Waals surface area contributed by atoms with Crippen LogP contribution in [-0.2, 0) is 4.79 Å². The number of hydrogen-bond donors (Lipinski definition) is 1. The van der Waals surface area contributed by atoms with Crippen molar-refractivity contribution in [3.05, 3.63) is 56.6 Å². The number of carbonyl (C=O) groups is 1. The molecule has 0 radical (unpaired) electrons. The van der Waals surface area contributed by atoms with E-state index in [4.69, 9.17) is 0 Å². The number of allylic oxidation sites excluding steroid dienone is 4. The van der Waals surface area contributed by atoms with Crippen molar-refractivity contribution >= 4 is 21.7 Å². The molecule has 0 unspecified atom stereocenters. The van der Waals surface area contributed by atoms with E-state index in [9.17, 15) is 14.4 Å². The van der Waals surface area contributed by atoms with Crippen molar-refractivity contribution < 1.29 is 9.18 Å². The van der Waals surface area contributed by atoms with Crippen molar-refractivity contribution in [2.24, 2.45) is 5.41 Å². The van der Waals surface area contributed by atoms with Gasteiger partial charge in [0.1, 0.15) is 5.82 Å². The van der Waals surface area contributed by atoms with Crippen LogP contribution < -0.4 is 5.32 Å². The summed E-state index contributed by atoms with van der Waals surface area (Å²) in [6.45, 7) is 5.89. The van der Waals surface area contributed by atoms with E-state index >= 15 is 0 Å². The smallest absolute Gasteiger partial charge is 0.162 e. The number of nitrogens with one attached hydrogen (secondary N) is 1. The lowest BCUT2D eigenvalue weighted by Gasteiger charge is -2.38. The Balaban J connectivity index is 2.24. The zero-order chi connectivity index (χ0) is 17.6. The highest BCUT2D eigenvalue weighted by Crippen LogP contribution is 2.47. The van der Waals surface area contributed by atoms with Gasteiger partial charge in [0.2, 0.25) is 0 Å². The van der Waals surface area contributed by atoms with Crippen LogP contribution in [0.15, 0.2) is 45.2 Å². The number of halogens is 2. The summed E-state index contributed by atoms with van der Waals surface area (Å²) in [4.78, 5) is 12.8. The minimum atomic E-state index is -0.646. The second-order valence-corrected chi connectivity index (χ2v) is 8.12. The highest BCUT2D eigenvalue weighted by molar-refractivity contribution is 9.10. The standard InChI is InChI=1S/C19H18BrFN2O/c1-10-13(9-22)17(12-6-11(20)4-5-14(12)21)18-15(23-10)7-19(2,3)8-16(18)24/h4-6,17,23H,7-8H2,1-3H3/t17-/m0/s1. The number of rotatable bonds is 1. The highest BCUT2D eigenvalue weighted by atomic mass is 79.9. The van der Waals surface area contributed by atoms with Gasteiger partial charge < -0.3 is 5.32 Å². The van der Waals surface area contributed by atoms with Gasteiger partial charge in [-0.05, 0) is 37.0 Å². The number of hydrogen-bond acceptors (Lipinski definition) is 3. The molecule has 0 amide bonds. The molecule has 0 spiro atoms. The van der Waals surface area contributed by atoms with Crippen LogP contribution >= 0.6 is 15.9 Å². The molecule has 0 saturated carbocycles. The fourth-order valence-electron chi connectivity index (χ4n) is 3.63. The number of nitrogens with zero attached hydrogens (tertiary/aromatic N) is 1. The predicted octanol–water partition coefficient (Wildman–Crippen LogP) is 4.72. The van der Waals surface area contributed by atoms with Gasteiger partial charge in [-0.25, -0.2) is 4.39 Å². The van der Waals surface area contributed by atoms with Gasteiger partial charge in [0.15, 0.2) is 5.78 Å². The lowest BCUT2D eigenvalue weighted by atomic mass is 9.69. The van der Waals surface area contributed by atoms with E-state index < -0.39 is 11.7 Å². The van der Waals surface area contributed by atoms with E-state index in [1.807, 2.05) is 13.8 Å². The highest BCUT2D eigenvalue weighted by Gasteiger charge is 2.41. The number of carbonyl (C=O) groups excluding carboxylic acids is 1. The molecular formula is C19H18BrFN2O. The summed E-state index contributed by atoms with van der Waals surface area (Å²) < 4.78 is 15.2. The summed E-state index contributed by atoms with van der Waals surface area (Å²) in [5.41, 5.74) is 2.66. The maximum Gasteiger partial charge on any atom is 0.162 e. The molecule has 5 heteroatoms. The van der Waals surface area contributed by atoms with Crippen molar-refractivity contribution in [2.45, 2.75) is 39.5 Å². The number of benzene rings is 1. The van der Waals surface area contributed by atoms with Crippen LogP contribution in [0.3, 0.4) is 0 Å². The summed E-state index contributed by atoms with van der Waals surface area (Å²) >= 11 is 3.36. The van der Waals surface area contributed by atoms with Gasteiger partial charge in [0, 0.05) is 33.4 Å². The van der Waals surface area contributed by atoms with Gasteiger partial charge in [0.25, 0.3) is 0 Å². The van der Waals surface area contributed by atoms with Gasteiger partial charge in [-0.15, -0.1) is 0 Å². The lowest BCUT2D eigenvalue weighted by Crippen LogP contribution is -2.37. The van der Waals surface area contributed by atoms with Crippen molar-refractivity contribution in [3.8, 4) is 6.07 Å². The minimum absolute atomic E-state index is 0.0154. The quantitative estimate of drug-likeness (QED) is 0.757. The van der Waals surface area contributed by atoms with Crippen LogP contribution in [-0.4, -0.2) is 5.78 Å². The first-order valence-electron chi connectivity index (χ1n) is 7.82. The van der Waals surface area contributed by atoms with Crippen LogP contribution in [0, 0.1) is 22.6 Å². The minimum Gasteiger partial charge on any atom is -0.361 e. The van der Waals surface area contributed by atoms with Gasteiger partial charge in [-0.3, -0.25) is 4.79 Å². The summed E-state index contributed by atoms with van der Waals surface area (Å²) in [6.07, 6.45) is 1.10. The van der Waals surface area contributed by atoms with Gasteiger partial charge in [0.05, 0.1) is 17.6 Å². The molecule has 24 heavy (non-hydrogen) atoms. The molecule has 1 atom stereocenters. The monoisotopic (exact) mass is 388 g/mol. The third-order valence-electron chi connectivity index (χ3n) is 4.63. The molecule has 1 N–H and O–H groups in total. The van der Waals surface area contributed by atoms with Crippen molar-refractivity contribution in [1.82, 2.24) is 5.32 Å². The largest absolute Gasteiger partial charge is 0.361 e. The molecule has 1 aliphatic carbocycles. The Bertz CT molecular complexity index is 845. The molecule has 1 aromatic carbocycles. The van der Waals surface area contributed by atoms with Crippen LogP contribution in [0.5, 0.6) is 0 Å². The number of dihydropyridines is 1. The van der Waals surface area contributed by atoms with E-state index in [2.05, 4.69) is 27.3 Å². The second kappa shape index (κ2) is 5.86. The number of Topliss-reactive ketones (excluding diaryl/α,β-unsaturated/α-hetero) is 1. The number of ketones is 1. The van der Waals surface area contributed by atoms with Gasteiger partial charge >= 0.3 is 0 Å². The van der Waals surface area contributed by atoms with E-state index in [1.165, 1.54) is 6.07 Å². The molecule has 124 valence electrons. The molecular weight excluding hydrogens is 371 g/mol. The van der Waals surface area contributed by atoms with E-state index in [0.29, 0.717) is 35.2 Å². The average molecular weight is 389 g/mol. The van der Waals surface area contributed by atoms with Crippen LogP contribution in [0.4, 0.5) is 4.39 Å². The molecule has 3 rings (SSSR count). The van der Waals surface area contributed by atoms with Crippen LogP contribution in [0.25, 0.3) is 0 Å². The maximum atomic E-state index is 14.5. The Morgan fingerprint density at radius 1 is 1.38 bits per heavy atom. The SMILES string of the molecule is CC1=C(C#N)[C@H](c2cc(Br)ccc2F)C2=C(CC(C)(C)CC2=O)N1. The summed E-state index contributed by atoms with van der Waals surface area (Å²) in [5.74, 6) is -1.07. The van der Waals surface area contributed by atoms with Crippen LogP contribution in [0.2, 0.25) is 0 Å². The predicted molar refractivity (Wildman–Crippen MR) is 93.3 cm³/mol. The van der Waals surface area contributed by atoms with E-state index in [1.54, 1.807) is 19.1 Å². The Morgan fingerprint density at radius 3 is 2.75 bits per heavy atom. The molecule has 1 aliphatic heterocycles. The third kappa shape index (κ3) is 2.80. The zero-order valence-electron chi connectivity index (χ0n) is 13.8. The van der Waals surface area contributed by atoms with Gasteiger partial charge in [-0.2, -0.15) is 5.26 Å². The first-order valence-corrected chi connectivity index (χ1v) is 8.62. The summed E-state index contributed by atoms with van der Waals surface area (Å²) in [6, 6.07) is 6.81. The van der Waals surface area contributed by atoms with Crippen LogP contribution in [0.1, 0.15) is 45.1 Å². The van der Waals surface area contributed by atoms with Gasteiger partial charge in [-0.1, -0.05) is 29.8 Å². The normalized spacial score (nSPS) is 22.8. The molecule has 0 saturated heterocycles. The third-order valence-corrected chi connectivity index (χ3v) is 5.12. The maximum absolute atomic E-state index is 14.5.